The van der Waals surface area contributed by atoms with Gasteiger partial charge in [0.15, 0.2) is 0 Å². The van der Waals surface area contributed by atoms with Crippen molar-refractivity contribution in [2.75, 3.05) is 25.4 Å². The summed E-state index contributed by atoms with van der Waals surface area (Å²) in [4.78, 5) is 29.1. The highest BCUT2D eigenvalue weighted by Gasteiger charge is 2.52. The number of amides is 2. The maximum absolute atomic E-state index is 12.9. The molecular formula is C20H28ClN3O2S. The van der Waals surface area contributed by atoms with Gasteiger partial charge in [-0.05, 0) is 38.1 Å². The lowest BCUT2D eigenvalue weighted by Gasteiger charge is -2.33. The lowest BCUT2D eigenvalue weighted by atomic mass is 10.0. The van der Waals surface area contributed by atoms with Crippen LogP contribution in [0.4, 0.5) is 0 Å². The van der Waals surface area contributed by atoms with Crippen molar-refractivity contribution in [1.82, 2.24) is 15.1 Å². The topological polar surface area (TPSA) is 52.7 Å². The number of hydrogen-bond acceptors (Lipinski definition) is 4. The minimum atomic E-state index is -0.376. The van der Waals surface area contributed by atoms with E-state index in [1.54, 1.807) is 16.7 Å². The number of nitrogens with zero attached hydrogens (tertiary/aromatic N) is 2. The molecule has 3 rings (SSSR count). The van der Waals surface area contributed by atoms with Gasteiger partial charge < -0.3 is 10.2 Å². The minimum Gasteiger partial charge on any atom is -0.352 e. The van der Waals surface area contributed by atoms with Gasteiger partial charge in [-0.3, -0.25) is 14.5 Å². The second-order valence-electron chi connectivity index (χ2n) is 7.27. The number of nitrogens with one attached hydrogen (secondary N) is 1. The molecule has 5 nitrogen and oxygen atoms in total. The predicted octanol–water partition coefficient (Wildman–Crippen LogP) is 3.29. The van der Waals surface area contributed by atoms with E-state index in [1.165, 1.54) is 0 Å². The van der Waals surface area contributed by atoms with Gasteiger partial charge in [-0.25, -0.2) is 0 Å². The summed E-state index contributed by atoms with van der Waals surface area (Å²) >= 11 is 8.15. The summed E-state index contributed by atoms with van der Waals surface area (Å²) in [5.41, 5.74) is 1.02. The smallest absolute Gasteiger partial charge is 0.243 e. The molecule has 1 aromatic rings. The Morgan fingerprint density at radius 1 is 1.41 bits per heavy atom. The molecule has 0 spiro atoms. The van der Waals surface area contributed by atoms with E-state index in [-0.39, 0.29) is 28.8 Å². The highest BCUT2D eigenvalue weighted by Crippen LogP contribution is 2.47. The van der Waals surface area contributed by atoms with Crippen LogP contribution in [0.15, 0.2) is 24.3 Å². The van der Waals surface area contributed by atoms with E-state index in [0.29, 0.717) is 23.7 Å². The van der Waals surface area contributed by atoms with E-state index >= 15 is 0 Å². The third kappa shape index (κ3) is 3.98. The third-order valence-corrected chi connectivity index (χ3v) is 7.58. The normalized spacial score (nSPS) is 25.7. The fourth-order valence-corrected chi connectivity index (χ4v) is 5.87. The van der Waals surface area contributed by atoms with Crippen LogP contribution in [0.2, 0.25) is 5.02 Å². The molecule has 2 heterocycles. The molecule has 1 aromatic carbocycles. The summed E-state index contributed by atoms with van der Waals surface area (Å²) in [6.45, 7) is 8.49. The summed E-state index contributed by atoms with van der Waals surface area (Å²) < 4.78 is 0. The van der Waals surface area contributed by atoms with Crippen molar-refractivity contribution >= 4 is 35.2 Å². The molecule has 2 fully saturated rings. The lowest BCUT2D eigenvalue weighted by molar-refractivity contribution is -0.138. The van der Waals surface area contributed by atoms with Gasteiger partial charge in [0.1, 0.15) is 6.04 Å². The number of likely N-dealkylation sites (N-methyl/N-ethyl adjacent to an activating group) is 1. The van der Waals surface area contributed by atoms with Crippen molar-refractivity contribution < 1.29 is 9.59 Å². The third-order valence-electron chi connectivity index (χ3n) is 5.73. The fourth-order valence-electron chi connectivity index (χ4n) is 4.18. The van der Waals surface area contributed by atoms with Crippen LogP contribution < -0.4 is 5.32 Å². The minimum absolute atomic E-state index is 0.00682. The maximum Gasteiger partial charge on any atom is 0.243 e. The van der Waals surface area contributed by atoms with Crippen molar-refractivity contribution in [2.24, 2.45) is 0 Å². The van der Waals surface area contributed by atoms with Crippen LogP contribution in [0.5, 0.6) is 0 Å². The summed E-state index contributed by atoms with van der Waals surface area (Å²) in [6.07, 6.45) is 1.36. The van der Waals surface area contributed by atoms with Gasteiger partial charge in [-0.1, -0.05) is 43.6 Å². The van der Waals surface area contributed by atoms with Crippen LogP contribution in [0.1, 0.15) is 45.2 Å². The van der Waals surface area contributed by atoms with Crippen LogP contribution in [0.3, 0.4) is 0 Å². The number of carbonyl (C=O) groups excluding carboxylic acids is 2. The van der Waals surface area contributed by atoms with Crippen LogP contribution in [0, 0.1) is 0 Å². The average Bonchev–Trinajstić information content (AvgIpc) is 3.15. The quantitative estimate of drug-likeness (QED) is 0.750. The molecule has 0 aliphatic carbocycles. The van der Waals surface area contributed by atoms with E-state index < -0.39 is 0 Å². The molecule has 2 aliphatic rings. The number of fused-ring (bicyclic) bond motifs is 1. The van der Waals surface area contributed by atoms with Crippen molar-refractivity contribution in [3.63, 3.8) is 0 Å². The zero-order valence-electron chi connectivity index (χ0n) is 16.2. The van der Waals surface area contributed by atoms with Crippen molar-refractivity contribution in [2.45, 2.75) is 50.6 Å². The SMILES string of the molecule is CCN(CC)C(CNC(=O)C1CSC2(C)CCC(=O)N12)c1ccccc1Cl. The van der Waals surface area contributed by atoms with Crippen LogP contribution >= 0.6 is 23.4 Å². The second-order valence-corrected chi connectivity index (χ2v) is 9.18. The molecule has 27 heavy (non-hydrogen) atoms. The average molecular weight is 410 g/mol. The van der Waals surface area contributed by atoms with Gasteiger partial charge in [-0.15, -0.1) is 11.8 Å². The van der Waals surface area contributed by atoms with Gasteiger partial charge in [0, 0.05) is 23.7 Å². The summed E-state index contributed by atoms with van der Waals surface area (Å²) in [6, 6.07) is 7.42. The standard InChI is InChI=1S/C20H28ClN3O2S/c1-4-23(5-2)16(14-8-6-7-9-15(14)21)12-22-19(26)17-13-27-20(3)11-10-18(25)24(17)20/h6-9,16-17H,4-5,10-13H2,1-3H3,(H,22,26). The van der Waals surface area contributed by atoms with Gasteiger partial charge in [0.25, 0.3) is 0 Å². The first-order chi connectivity index (χ1) is 12.9. The first-order valence-corrected chi connectivity index (χ1v) is 11.0. The molecule has 3 atom stereocenters. The molecule has 148 valence electrons. The number of rotatable bonds is 7. The Balaban J connectivity index is 1.73. The number of halogens is 1. The van der Waals surface area contributed by atoms with Crippen LogP contribution in [0.25, 0.3) is 0 Å². The lowest BCUT2D eigenvalue weighted by Crippen LogP contribution is -2.51. The van der Waals surface area contributed by atoms with Crippen molar-refractivity contribution in [3.8, 4) is 0 Å². The van der Waals surface area contributed by atoms with E-state index in [0.717, 1.165) is 25.1 Å². The van der Waals surface area contributed by atoms with E-state index in [1.807, 2.05) is 24.3 Å². The van der Waals surface area contributed by atoms with Crippen molar-refractivity contribution in [1.29, 1.82) is 0 Å². The molecule has 1 N–H and O–H groups in total. The first-order valence-electron chi connectivity index (χ1n) is 9.63. The number of carbonyl (C=O) groups is 2. The van der Waals surface area contributed by atoms with Gasteiger partial charge in [0.05, 0.1) is 10.9 Å². The Labute approximate surface area is 170 Å². The van der Waals surface area contributed by atoms with Crippen LogP contribution in [-0.4, -0.2) is 57.9 Å². The number of thioether (sulfide) groups is 1. The molecule has 0 saturated carbocycles. The summed E-state index contributed by atoms with van der Waals surface area (Å²) in [7, 11) is 0. The zero-order valence-corrected chi connectivity index (χ0v) is 17.8. The highest BCUT2D eigenvalue weighted by molar-refractivity contribution is 8.01. The first kappa shape index (κ1) is 20.5. The molecule has 2 amide bonds. The van der Waals surface area contributed by atoms with Crippen molar-refractivity contribution in [3.05, 3.63) is 34.9 Å². The Kier molecular flexibility index (Phi) is 6.39. The Hall–Kier alpha value is -1.24. The molecule has 2 aliphatic heterocycles. The number of hydrogen-bond donors (Lipinski definition) is 1. The molecular weight excluding hydrogens is 382 g/mol. The fraction of sp³-hybridized carbons (Fsp3) is 0.600. The Morgan fingerprint density at radius 2 is 2.11 bits per heavy atom. The predicted molar refractivity (Wildman–Crippen MR) is 111 cm³/mol. The van der Waals surface area contributed by atoms with E-state index in [4.69, 9.17) is 11.6 Å². The molecule has 3 unspecified atom stereocenters. The monoisotopic (exact) mass is 409 g/mol. The summed E-state index contributed by atoms with van der Waals surface area (Å²) in [5.74, 6) is 0.690. The van der Waals surface area contributed by atoms with Gasteiger partial charge in [-0.2, -0.15) is 0 Å². The molecule has 0 bridgehead atoms. The van der Waals surface area contributed by atoms with E-state index in [2.05, 4.69) is 31.0 Å². The highest BCUT2D eigenvalue weighted by atomic mass is 35.5. The molecule has 2 saturated heterocycles. The van der Waals surface area contributed by atoms with Gasteiger partial charge >= 0.3 is 0 Å². The largest absolute Gasteiger partial charge is 0.352 e. The molecule has 0 radical (unpaired) electrons. The maximum atomic E-state index is 12.9. The van der Waals surface area contributed by atoms with E-state index in [9.17, 15) is 9.59 Å². The Morgan fingerprint density at radius 3 is 2.78 bits per heavy atom. The summed E-state index contributed by atoms with van der Waals surface area (Å²) in [5, 5.41) is 3.81. The van der Waals surface area contributed by atoms with Crippen LogP contribution in [-0.2, 0) is 9.59 Å². The molecule has 0 aromatic heterocycles. The zero-order chi connectivity index (χ0) is 19.6. The molecule has 7 heteroatoms. The second kappa shape index (κ2) is 8.41. The van der Waals surface area contributed by atoms with Gasteiger partial charge in [0.2, 0.25) is 11.8 Å². The Bertz CT molecular complexity index is 712. The number of benzene rings is 1.